The standard InChI is InChI=1S/C11H11BrN4/c1-13-11(10-7-14-2-3-16-10)8-4-9(12)6-15-5-8/h2-7,11,13H,1H3. The van der Waals surface area contributed by atoms with Gasteiger partial charge in [-0.1, -0.05) is 0 Å². The fourth-order valence-electron chi connectivity index (χ4n) is 1.53. The van der Waals surface area contributed by atoms with Crippen LogP contribution >= 0.6 is 15.9 Å². The van der Waals surface area contributed by atoms with Crippen molar-refractivity contribution in [3.63, 3.8) is 0 Å². The van der Waals surface area contributed by atoms with Gasteiger partial charge < -0.3 is 5.32 Å². The van der Waals surface area contributed by atoms with E-state index in [4.69, 9.17) is 0 Å². The van der Waals surface area contributed by atoms with Crippen molar-refractivity contribution in [2.24, 2.45) is 0 Å². The van der Waals surface area contributed by atoms with Crippen LogP contribution in [-0.2, 0) is 0 Å². The highest BCUT2D eigenvalue weighted by molar-refractivity contribution is 9.10. The summed E-state index contributed by atoms with van der Waals surface area (Å²) in [4.78, 5) is 12.5. The van der Waals surface area contributed by atoms with Crippen molar-refractivity contribution in [3.05, 3.63) is 52.8 Å². The summed E-state index contributed by atoms with van der Waals surface area (Å²) >= 11 is 3.41. The minimum Gasteiger partial charge on any atom is -0.308 e. The maximum Gasteiger partial charge on any atom is 0.0801 e. The third kappa shape index (κ3) is 2.43. The monoisotopic (exact) mass is 278 g/mol. The zero-order chi connectivity index (χ0) is 11.4. The summed E-state index contributed by atoms with van der Waals surface area (Å²) in [7, 11) is 1.89. The Kier molecular flexibility index (Phi) is 3.58. The number of aromatic nitrogens is 3. The number of nitrogens with one attached hydrogen (secondary N) is 1. The van der Waals surface area contributed by atoms with E-state index in [2.05, 4.69) is 36.2 Å². The molecule has 82 valence electrons. The number of nitrogens with zero attached hydrogens (tertiary/aromatic N) is 3. The van der Waals surface area contributed by atoms with Crippen molar-refractivity contribution in [1.29, 1.82) is 0 Å². The first-order chi connectivity index (χ1) is 7.81. The number of hydrogen-bond donors (Lipinski definition) is 1. The summed E-state index contributed by atoms with van der Waals surface area (Å²) in [6.07, 6.45) is 8.68. The average molecular weight is 279 g/mol. The number of halogens is 1. The predicted octanol–water partition coefficient (Wildman–Crippen LogP) is 1.94. The molecule has 0 bridgehead atoms. The summed E-state index contributed by atoms with van der Waals surface area (Å²) in [6, 6.07) is 2.03. The van der Waals surface area contributed by atoms with Crippen molar-refractivity contribution >= 4 is 15.9 Å². The Morgan fingerprint density at radius 1 is 1.19 bits per heavy atom. The maximum absolute atomic E-state index is 4.29. The van der Waals surface area contributed by atoms with Crippen LogP contribution in [0.1, 0.15) is 17.3 Å². The molecule has 1 N–H and O–H groups in total. The summed E-state index contributed by atoms with van der Waals surface area (Å²) in [6.45, 7) is 0. The largest absolute Gasteiger partial charge is 0.308 e. The first-order valence-electron chi connectivity index (χ1n) is 4.85. The van der Waals surface area contributed by atoms with E-state index in [0.717, 1.165) is 15.7 Å². The van der Waals surface area contributed by atoms with Gasteiger partial charge >= 0.3 is 0 Å². The van der Waals surface area contributed by atoms with Crippen LogP contribution in [0.5, 0.6) is 0 Å². The third-order valence-corrected chi connectivity index (χ3v) is 2.66. The summed E-state index contributed by atoms with van der Waals surface area (Å²) in [5, 5.41) is 3.20. The lowest BCUT2D eigenvalue weighted by atomic mass is 10.1. The molecule has 16 heavy (non-hydrogen) atoms. The van der Waals surface area contributed by atoms with Crippen LogP contribution < -0.4 is 5.32 Å². The molecule has 0 amide bonds. The molecule has 0 saturated heterocycles. The molecular weight excluding hydrogens is 268 g/mol. The molecule has 5 heteroatoms. The van der Waals surface area contributed by atoms with Crippen molar-refractivity contribution < 1.29 is 0 Å². The second-order valence-corrected chi connectivity index (χ2v) is 4.20. The average Bonchev–Trinajstić information content (AvgIpc) is 2.31. The molecule has 0 fully saturated rings. The van der Waals surface area contributed by atoms with Crippen LogP contribution in [0.25, 0.3) is 0 Å². The summed E-state index contributed by atoms with van der Waals surface area (Å²) in [5.41, 5.74) is 1.93. The molecule has 2 aromatic rings. The van der Waals surface area contributed by atoms with Gasteiger partial charge in [-0.3, -0.25) is 15.0 Å². The van der Waals surface area contributed by atoms with Gasteiger partial charge in [0.2, 0.25) is 0 Å². The Bertz CT molecular complexity index is 461. The molecule has 2 rings (SSSR count). The number of pyridine rings is 1. The molecule has 1 atom stereocenters. The summed E-state index contributed by atoms with van der Waals surface area (Å²) in [5.74, 6) is 0. The van der Waals surface area contributed by atoms with Gasteiger partial charge in [-0.2, -0.15) is 0 Å². The van der Waals surface area contributed by atoms with E-state index in [1.807, 2.05) is 19.3 Å². The van der Waals surface area contributed by atoms with Gasteiger partial charge in [0, 0.05) is 29.3 Å². The Labute approximate surface area is 102 Å². The van der Waals surface area contributed by atoms with E-state index >= 15 is 0 Å². The highest BCUT2D eigenvalue weighted by Crippen LogP contribution is 2.21. The molecule has 4 nitrogen and oxygen atoms in total. The van der Waals surface area contributed by atoms with Crippen molar-refractivity contribution in [2.45, 2.75) is 6.04 Å². The second-order valence-electron chi connectivity index (χ2n) is 3.29. The lowest BCUT2D eigenvalue weighted by Gasteiger charge is -2.15. The molecule has 0 aliphatic carbocycles. The van der Waals surface area contributed by atoms with E-state index in [1.54, 1.807) is 24.8 Å². The van der Waals surface area contributed by atoms with E-state index in [9.17, 15) is 0 Å². The van der Waals surface area contributed by atoms with Crippen molar-refractivity contribution in [2.75, 3.05) is 7.05 Å². The van der Waals surface area contributed by atoms with Gasteiger partial charge in [0.05, 0.1) is 17.9 Å². The Morgan fingerprint density at radius 3 is 2.69 bits per heavy atom. The molecule has 0 saturated carbocycles. The quantitative estimate of drug-likeness (QED) is 0.933. The fraction of sp³-hybridized carbons (Fsp3) is 0.182. The molecule has 0 aliphatic heterocycles. The Morgan fingerprint density at radius 2 is 2.06 bits per heavy atom. The van der Waals surface area contributed by atoms with Crippen LogP contribution in [0, 0.1) is 0 Å². The predicted molar refractivity (Wildman–Crippen MR) is 64.9 cm³/mol. The number of hydrogen-bond acceptors (Lipinski definition) is 4. The zero-order valence-electron chi connectivity index (χ0n) is 8.76. The maximum atomic E-state index is 4.29. The Hall–Kier alpha value is -1.33. The van der Waals surface area contributed by atoms with Crippen LogP contribution in [0.3, 0.4) is 0 Å². The van der Waals surface area contributed by atoms with E-state index in [-0.39, 0.29) is 6.04 Å². The first kappa shape index (κ1) is 11.2. The van der Waals surface area contributed by atoms with Gasteiger partial charge in [0.1, 0.15) is 0 Å². The molecule has 2 aromatic heterocycles. The van der Waals surface area contributed by atoms with Gasteiger partial charge in [-0.05, 0) is 34.6 Å². The minimum absolute atomic E-state index is 0.0127. The molecule has 0 aromatic carbocycles. The second kappa shape index (κ2) is 5.14. The minimum atomic E-state index is 0.0127. The molecule has 2 heterocycles. The lowest BCUT2D eigenvalue weighted by Crippen LogP contribution is -2.19. The normalized spacial score (nSPS) is 12.4. The van der Waals surface area contributed by atoms with E-state index in [0.29, 0.717) is 0 Å². The topological polar surface area (TPSA) is 50.7 Å². The van der Waals surface area contributed by atoms with Gasteiger partial charge in [-0.25, -0.2) is 0 Å². The molecule has 0 aliphatic rings. The van der Waals surface area contributed by atoms with Crippen LogP contribution in [0.4, 0.5) is 0 Å². The highest BCUT2D eigenvalue weighted by Gasteiger charge is 2.13. The fourth-order valence-corrected chi connectivity index (χ4v) is 1.91. The molecule has 1 unspecified atom stereocenters. The molecule has 0 spiro atoms. The van der Waals surface area contributed by atoms with E-state index < -0.39 is 0 Å². The summed E-state index contributed by atoms with van der Waals surface area (Å²) < 4.78 is 0.953. The van der Waals surface area contributed by atoms with E-state index in [1.165, 1.54) is 0 Å². The van der Waals surface area contributed by atoms with Gasteiger partial charge in [0.15, 0.2) is 0 Å². The highest BCUT2D eigenvalue weighted by atomic mass is 79.9. The van der Waals surface area contributed by atoms with Crippen molar-refractivity contribution in [1.82, 2.24) is 20.3 Å². The molecule has 0 radical (unpaired) electrons. The Balaban J connectivity index is 2.37. The SMILES string of the molecule is CNC(c1cncc(Br)c1)c1cnccn1. The van der Waals surface area contributed by atoms with Crippen LogP contribution in [0.2, 0.25) is 0 Å². The van der Waals surface area contributed by atoms with Crippen LogP contribution in [0.15, 0.2) is 41.5 Å². The first-order valence-corrected chi connectivity index (χ1v) is 5.64. The van der Waals surface area contributed by atoms with Gasteiger partial charge in [-0.15, -0.1) is 0 Å². The molecular formula is C11H11BrN4. The number of rotatable bonds is 3. The van der Waals surface area contributed by atoms with Crippen molar-refractivity contribution in [3.8, 4) is 0 Å². The third-order valence-electron chi connectivity index (χ3n) is 2.23. The van der Waals surface area contributed by atoms with Crippen LogP contribution in [-0.4, -0.2) is 22.0 Å². The zero-order valence-corrected chi connectivity index (χ0v) is 10.3. The lowest BCUT2D eigenvalue weighted by molar-refractivity contribution is 0.663. The smallest absolute Gasteiger partial charge is 0.0801 e. The van der Waals surface area contributed by atoms with Gasteiger partial charge in [0.25, 0.3) is 0 Å².